The van der Waals surface area contributed by atoms with Crippen LogP contribution >= 0.6 is 15.9 Å². The fourth-order valence-corrected chi connectivity index (χ4v) is 2.84. The molecule has 25 heavy (non-hydrogen) atoms. The number of hydrogen-bond acceptors (Lipinski definition) is 5. The maximum absolute atomic E-state index is 12.2. The van der Waals surface area contributed by atoms with Gasteiger partial charge in [0.25, 0.3) is 5.91 Å². The van der Waals surface area contributed by atoms with Crippen molar-refractivity contribution in [2.45, 2.75) is 18.5 Å². The molecule has 0 bridgehead atoms. The summed E-state index contributed by atoms with van der Waals surface area (Å²) in [5.74, 6) is 0.642. The first-order valence-corrected chi connectivity index (χ1v) is 8.68. The molecule has 1 saturated heterocycles. The molecule has 0 spiro atoms. The third kappa shape index (κ3) is 4.66. The summed E-state index contributed by atoms with van der Waals surface area (Å²) in [4.78, 5) is 12.2. The van der Waals surface area contributed by atoms with Gasteiger partial charge in [-0.3, -0.25) is 4.79 Å². The van der Waals surface area contributed by atoms with Gasteiger partial charge in [-0.05, 0) is 41.8 Å². The minimum atomic E-state index is -0.339. The highest BCUT2D eigenvalue weighted by Gasteiger charge is 2.29. The van der Waals surface area contributed by atoms with Crippen LogP contribution in [0.2, 0.25) is 0 Å². The van der Waals surface area contributed by atoms with E-state index in [1.165, 1.54) is 0 Å². The lowest BCUT2D eigenvalue weighted by atomic mass is 10.0. The summed E-state index contributed by atoms with van der Waals surface area (Å²) < 4.78 is 6.16. The van der Waals surface area contributed by atoms with Crippen LogP contribution in [-0.2, 0) is 4.79 Å². The molecule has 1 amide bonds. The van der Waals surface area contributed by atoms with E-state index < -0.39 is 0 Å². The summed E-state index contributed by atoms with van der Waals surface area (Å²) in [5, 5.41) is 4.01. The largest absolute Gasteiger partial charge is 0.497 e. The molecule has 1 aliphatic heterocycles. The van der Waals surface area contributed by atoms with Gasteiger partial charge in [0.15, 0.2) is 0 Å². The molecule has 2 unspecified atom stereocenters. The zero-order chi connectivity index (χ0) is 17.6. The van der Waals surface area contributed by atoms with Gasteiger partial charge in [-0.15, -0.1) is 0 Å². The molecule has 6 nitrogen and oxygen atoms in total. The third-order valence-corrected chi connectivity index (χ3v) is 4.52. The monoisotopic (exact) mass is 402 g/mol. The summed E-state index contributed by atoms with van der Waals surface area (Å²) in [6.45, 7) is 0. The van der Waals surface area contributed by atoms with Crippen molar-refractivity contribution >= 4 is 28.1 Å². The number of nitrogens with zero attached hydrogens (tertiary/aromatic N) is 1. The highest BCUT2D eigenvalue weighted by Crippen LogP contribution is 2.24. The van der Waals surface area contributed by atoms with Crippen LogP contribution in [0.3, 0.4) is 0 Å². The smallest absolute Gasteiger partial charge is 0.258 e. The molecule has 2 aromatic rings. The van der Waals surface area contributed by atoms with Crippen molar-refractivity contribution in [3.05, 3.63) is 64.1 Å². The third-order valence-electron chi connectivity index (χ3n) is 4.00. The number of hydrazone groups is 1. The zero-order valence-corrected chi connectivity index (χ0v) is 15.3. The highest BCUT2D eigenvalue weighted by atomic mass is 79.9. The number of hydrazine groups is 1. The van der Waals surface area contributed by atoms with Crippen LogP contribution in [0.5, 0.6) is 5.75 Å². The summed E-state index contributed by atoms with van der Waals surface area (Å²) in [5.41, 5.74) is 10.8. The van der Waals surface area contributed by atoms with Gasteiger partial charge < -0.3 is 4.74 Å². The molecule has 1 heterocycles. The van der Waals surface area contributed by atoms with Crippen molar-refractivity contribution in [1.29, 1.82) is 0 Å². The fourth-order valence-electron chi connectivity index (χ4n) is 2.58. The Hall–Kier alpha value is -2.22. The van der Waals surface area contributed by atoms with Crippen molar-refractivity contribution in [3.63, 3.8) is 0 Å². The summed E-state index contributed by atoms with van der Waals surface area (Å²) in [7, 11) is 1.64. The Morgan fingerprint density at radius 1 is 1.20 bits per heavy atom. The summed E-state index contributed by atoms with van der Waals surface area (Å²) in [6.07, 6.45) is 2.26. The number of methoxy groups -OCH3 is 1. The lowest BCUT2D eigenvalue weighted by molar-refractivity contribution is -0.122. The van der Waals surface area contributed by atoms with Gasteiger partial charge in [0.2, 0.25) is 0 Å². The van der Waals surface area contributed by atoms with Crippen LogP contribution in [0.15, 0.2) is 58.1 Å². The van der Waals surface area contributed by atoms with Crippen LogP contribution in [-0.4, -0.2) is 25.3 Å². The van der Waals surface area contributed by atoms with Gasteiger partial charge in [-0.1, -0.05) is 40.2 Å². The van der Waals surface area contributed by atoms with Crippen molar-refractivity contribution in [1.82, 2.24) is 16.3 Å². The Bertz CT molecular complexity index is 747. The minimum absolute atomic E-state index is 0.0668. The lowest BCUT2D eigenvalue weighted by Crippen LogP contribution is -2.41. The van der Waals surface area contributed by atoms with E-state index in [2.05, 4.69) is 37.3 Å². The molecular formula is C18H19BrN4O2. The van der Waals surface area contributed by atoms with Crippen molar-refractivity contribution < 1.29 is 9.53 Å². The molecule has 130 valence electrons. The number of hydrogen-bond donors (Lipinski definition) is 3. The number of carbonyl (C=O) groups excluding carboxylic acids is 1. The fraction of sp³-hybridized carbons (Fsp3) is 0.222. The minimum Gasteiger partial charge on any atom is -0.497 e. The number of carbonyl (C=O) groups is 1. The second-order valence-corrected chi connectivity index (χ2v) is 6.60. The lowest BCUT2D eigenvalue weighted by Gasteiger charge is -2.10. The number of halogens is 1. The molecule has 3 N–H and O–H groups in total. The van der Waals surface area contributed by atoms with E-state index in [4.69, 9.17) is 4.74 Å². The first-order chi connectivity index (χ1) is 12.2. The molecule has 0 aromatic heterocycles. The van der Waals surface area contributed by atoms with Gasteiger partial charge in [-0.2, -0.15) is 5.10 Å². The quantitative estimate of drug-likeness (QED) is 0.530. The van der Waals surface area contributed by atoms with E-state index in [1.807, 2.05) is 48.5 Å². The van der Waals surface area contributed by atoms with E-state index in [-0.39, 0.29) is 18.0 Å². The average Bonchev–Trinajstić information content (AvgIpc) is 3.13. The van der Waals surface area contributed by atoms with Crippen LogP contribution in [0.1, 0.15) is 23.6 Å². The maximum atomic E-state index is 12.2. The Balaban J connectivity index is 1.52. The van der Waals surface area contributed by atoms with Gasteiger partial charge in [-0.25, -0.2) is 16.3 Å². The van der Waals surface area contributed by atoms with Crippen LogP contribution < -0.4 is 21.0 Å². The van der Waals surface area contributed by atoms with Gasteiger partial charge in [0, 0.05) is 10.5 Å². The SMILES string of the molecule is COc1ccc(C2CC(C(=O)N/N=C\c3ccc(Br)cc3)NN2)cc1. The maximum Gasteiger partial charge on any atom is 0.258 e. The van der Waals surface area contributed by atoms with Gasteiger partial charge >= 0.3 is 0 Å². The Labute approximate surface area is 154 Å². The molecule has 7 heteroatoms. The second-order valence-electron chi connectivity index (χ2n) is 5.69. The standard InChI is InChI=1S/C18H19BrN4O2/c1-25-15-8-4-13(5-9-15)16-10-17(22-21-16)18(24)23-20-11-12-2-6-14(19)7-3-12/h2-9,11,16-17,21-22H,10H2,1H3,(H,23,24)/b20-11-. The van der Waals surface area contributed by atoms with Crippen LogP contribution in [0, 0.1) is 0 Å². The number of ether oxygens (including phenoxy) is 1. The zero-order valence-electron chi connectivity index (χ0n) is 13.7. The molecule has 1 fully saturated rings. The number of amides is 1. The number of benzene rings is 2. The van der Waals surface area contributed by atoms with Gasteiger partial charge in [0.05, 0.1) is 13.3 Å². The molecule has 0 saturated carbocycles. The molecule has 2 atom stereocenters. The predicted octanol–water partition coefficient (Wildman–Crippen LogP) is 2.52. The second kappa shape index (κ2) is 8.24. The Morgan fingerprint density at radius 3 is 2.60 bits per heavy atom. The number of rotatable bonds is 5. The first kappa shape index (κ1) is 17.6. The molecule has 0 aliphatic carbocycles. The first-order valence-electron chi connectivity index (χ1n) is 7.89. The van der Waals surface area contributed by atoms with E-state index >= 15 is 0 Å². The van der Waals surface area contributed by atoms with Crippen molar-refractivity contribution in [2.24, 2.45) is 5.10 Å². The van der Waals surface area contributed by atoms with Crippen LogP contribution in [0.4, 0.5) is 0 Å². The molecular weight excluding hydrogens is 384 g/mol. The molecule has 1 aliphatic rings. The molecule has 2 aromatic carbocycles. The highest BCUT2D eigenvalue weighted by molar-refractivity contribution is 9.10. The van der Waals surface area contributed by atoms with E-state index in [1.54, 1.807) is 13.3 Å². The van der Waals surface area contributed by atoms with E-state index in [9.17, 15) is 4.79 Å². The molecule has 0 radical (unpaired) electrons. The predicted molar refractivity (Wildman–Crippen MR) is 100 cm³/mol. The van der Waals surface area contributed by atoms with E-state index in [0.29, 0.717) is 6.42 Å². The normalized spacial score (nSPS) is 19.9. The summed E-state index contributed by atoms with van der Waals surface area (Å²) in [6, 6.07) is 15.2. The summed E-state index contributed by atoms with van der Waals surface area (Å²) >= 11 is 3.38. The molecule has 3 rings (SSSR count). The van der Waals surface area contributed by atoms with Crippen molar-refractivity contribution in [2.75, 3.05) is 7.11 Å². The van der Waals surface area contributed by atoms with Crippen molar-refractivity contribution in [3.8, 4) is 5.75 Å². The number of nitrogens with one attached hydrogen (secondary N) is 3. The van der Waals surface area contributed by atoms with E-state index in [0.717, 1.165) is 21.3 Å². The Morgan fingerprint density at radius 2 is 1.92 bits per heavy atom. The average molecular weight is 403 g/mol. The van der Waals surface area contributed by atoms with Gasteiger partial charge in [0.1, 0.15) is 11.8 Å². The Kier molecular flexibility index (Phi) is 5.80. The topological polar surface area (TPSA) is 74.8 Å². The van der Waals surface area contributed by atoms with Crippen LogP contribution in [0.25, 0.3) is 0 Å².